The first kappa shape index (κ1) is 24.3. The molecule has 0 unspecified atom stereocenters. The van der Waals surface area contributed by atoms with E-state index >= 15 is 0 Å². The highest BCUT2D eigenvalue weighted by molar-refractivity contribution is 7.99. The van der Waals surface area contributed by atoms with Gasteiger partial charge in [0.15, 0.2) is 0 Å². The summed E-state index contributed by atoms with van der Waals surface area (Å²) in [6.07, 6.45) is 1.80. The molecule has 0 aliphatic rings. The lowest BCUT2D eigenvalue weighted by atomic mass is 10.2. The quantitative estimate of drug-likeness (QED) is 0.162. The molecule has 0 atom stereocenters. The molecule has 3 aromatic carbocycles. The molecule has 0 amide bonds. The number of rotatable bonds is 7. The number of halogens is 1. The van der Waals surface area contributed by atoms with E-state index in [0.29, 0.717) is 0 Å². The molecule has 4 rings (SSSR count). The van der Waals surface area contributed by atoms with E-state index in [1.54, 1.807) is 30.5 Å². The summed E-state index contributed by atoms with van der Waals surface area (Å²) in [5.74, 6) is -1.06. The van der Waals surface area contributed by atoms with Crippen LogP contribution >= 0.6 is 23.4 Å². The molecule has 176 valence electrons. The molecule has 0 radical (unpaired) electrons. The maximum Gasteiger partial charge on any atom is 0.337 e. The second-order valence-electron chi connectivity index (χ2n) is 7.74. The zero-order chi connectivity index (χ0) is 25.1. The Morgan fingerprint density at radius 1 is 1.03 bits per heavy atom. The van der Waals surface area contributed by atoms with Crippen LogP contribution in [0.15, 0.2) is 87.6 Å². The topological polar surface area (TPSA) is 97.7 Å². The third-order valence-electron chi connectivity index (χ3n) is 5.38. The van der Waals surface area contributed by atoms with Gasteiger partial charge in [-0.05, 0) is 74.5 Å². The average molecular weight is 506 g/mol. The smallest absolute Gasteiger partial charge is 0.337 e. The second-order valence-corrected chi connectivity index (χ2v) is 9.29. The maximum absolute atomic E-state index is 11.2. The van der Waals surface area contributed by atoms with Gasteiger partial charge >= 0.3 is 5.97 Å². The number of nitro groups is 1. The minimum Gasteiger partial charge on any atom is -0.478 e. The predicted molar refractivity (Wildman–Crippen MR) is 138 cm³/mol. The zero-order valence-corrected chi connectivity index (χ0v) is 20.4. The van der Waals surface area contributed by atoms with E-state index in [9.17, 15) is 20.0 Å². The molecular weight excluding hydrogens is 486 g/mol. The molecule has 0 saturated carbocycles. The van der Waals surface area contributed by atoms with Crippen molar-refractivity contribution in [3.8, 4) is 5.69 Å². The van der Waals surface area contributed by atoms with E-state index < -0.39 is 10.9 Å². The monoisotopic (exact) mass is 505 g/mol. The summed E-state index contributed by atoms with van der Waals surface area (Å²) in [5.41, 5.74) is 4.56. The van der Waals surface area contributed by atoms with Crippen molar-refractivity contribution in [1.29, 1.82) is 0 Å². The highest BCUT2D eigenvalue weighted by atomic mass is 35.5. The minimum absolute atomic E-state index is 0.0647. The number of hydrogen-bond acceptors (Lipinski definition) is 5. The Kier molecular flexibility index (Phi) is 7.04. The summed E-state index contributed by atoms with van der Waals surface area (Å²) in [7, 11) is 0. The lowest BCUT2D eigenvalue weighted by molar-refractivity contribution is -0.384. The number of carboxylic acids is 1. The number of aromatic carboxylic acids is 1. The van der Waals surface area contributed by atoms with Crippen molar-refractivity contribution < 1.29 is 14.8 Å². The van der Waals surface area contributed by atoms with Crippen molar-refractivity contribution in [1.82, 2.24) is 4.57 Å². The summed E-state index contributed by atoms with van der Waals surface area (Å²) < 4.78 is 2.00. The van der Waals surface area contributed by atoms with Crippen LogP contribution in [-0.2, 0) is 0 Å². The Hall–Kier alpha value is -3.88. The van der Waals surface area contributed by atoms with Crippen molar-refractivity contribution in [2.45, 2.75) is 23.6 Å². The van der Waals surface area contributed by atoms with E-state index in [0.717, 1.165) is 38.1 Å². The number of benzene rings is 3. The lowest BCUT2D eigenvalue weighted by Gasteiger charge is -2.11. The average Bonchev–Trinajstić information content (AvgIpc) is 3.11. The van der Waals surface area contributed by atoms with E-state index in [4.69, 9.17) is 11.6 Å². The van der Waals surface area contributed by atoms with Gasteiger partial charge in [0.05, 0.1) is 21.2 Å². The summed E-state index contributed by atoms with van der Waals surface area (Å²) in [5, 5.41) is 20.2. The van der Waals surface area contributed by atoms with Gasteiger partial charge in [-0.3, -0.25) is 15.1 Å². The fourth-order valence-corrected chi connectivity index (χ4v) is 4.72. The Morgan fingerprint density at radius 2 is 1.66 bits per heavy atom. The van der Waals surface area contributed by atoms with Gasteiger partial charge in [-0.25, -0.2) is 4.79 Å². The van der Waals surface area contributed by atoms with Crippen LogP contribution in [-0.4, -0.2) is 26.8 Å². The van der Waals surface area contributed by atoms with Crippen molar-refractivity contribution in [2.24, 2.45) is 4.99 Å². The molecule has 0 saturated heterocycles. The van der Waals surface area contributed by atoms with Gasteiger partial charge in [0.2, 0.25) is 0 Å². The number of carbonyl (C=O) groups is 1. The normalized spacial score (nSPS) is 11.2. The number of aryl methyl sites for hydroxylation is 1. The molecule has 1 N–H and O–H groups in total. The number of non-ortho nitro benzene ring substituents is 1. The number of hydrogen-bond donors (Lipinski definition) is 1. The Labute approximate surface area is 210 Å². The largest absolute Gasteiger partial charge is 0.478 e. The predicted octanol–water partition coefficient (Wildman–Crippen LogP) is 7.26. The second kappa shape index (κ2) is 10.2. The number of carboxylic acid groups (broad SMARTS) is 1. The first-order chi connectivity index (χ1) is 16.7. The molecule has 9 heteroatoms. The van der Waals surface area contributed by atoms with Crippen LogP contribution in [0.4, 0.5) is 11.4 Å². The Balaban J connectivity index is 1.50. The van der Waals surface area contributed by atoms with Gasteiger partial charge in [0, 0.05) is 50.8 Å². The van der Waals surface area contributed by atoms with E-state index in [2.05, 4.69) is 4.99 Å². The maximum atomic E-state index is 11.2. The van der Waals surface area contributed by atoms with E-state index in [1.165, 1.54) is 30.0 Å². The summed E-state index contributed by atoms with van der Waals surface area (Å²) in [6.45, 7) is 3.94. The van der Waals surface area contributed by atoms with E-state index in [-0.39, 0.29) is 16.3 Å². The Morgan fingerprint density at radius 3 is 2.23 bits per heavy atom. The van der Waals surface area contributed by atoms with Gasteiger partial charge in [-0.2, -0.15) is 0 Å². The molecule has 0 aliphatic carbocycles. The van der Waals surface area contributed by atoms with Crippen molar-refractivity contribution in [3.05, 3.63) is 110 Å². The summed E-state index contributed by atoms with van der Waals surface area (Å²) in [4.78, 5) is 28.1. The van der Waals surface area contributed by atoms with Gasteiger partial charge in [0.25, 0.3) is 5.69 Å². The zero-order valence-electron chi connectivity index (χ0n) is 18.8. The molecule has 0 spiro atoms. The molecule has 0 aliphatic heterocycles. The van der Waals surface area contributed by atoms with Crippen LogP contribution in [0.2, 0.25) is 5.02 Å². The molecule has 35 heavy (non-hydrogen) atoms. The fourth-order valence-electron chi connectivity index (χ4n) is 3.65. The fraction of sp³-hybridized carbons (Fsp3) is 0.0769. The highest BCUT2D eigenvalue weighted by Gasteiger charge is 2.13. The SMILES string of the molecule is Cc1cc(C=Nc2ccc(Sc3ccc([N+](=O)[O-])cc3)cc2)c(C)n1-c1ccc(C(=O)O)c(Cl)c1. The molecule has 4 aromatic rings. The molecule has 1 heterocycles. The highest BCUT2D eigenvalue weighted by Crippen LogP contribution is 2.30. The lowest BCUT2D eigenvalue weighted by Crippen LogP contribution is -2.02. The van der Waals surface area contributed by atoms with Crippen molar-refractivity contribution >= 4 is 46.9 Å². The van der Waals surface area contributed by atoms with Crippen LogP contribution in [0.3, 0.4) is 0 Å². The molecule has 7 nitrogen and oxygen atoms in total. The Bertz CT molecular complexity index is 1440. The van der Waals surface area contributed by atoms with Gasteiger partial charge in [-0.1, -0.05) is 23.4 Å². The molecule has 1 aromatic heterocycles. The summed E-state index contributed by atoms with van der Waals surface area (Å²) in [6, 6.07) is 21.1. The summed E-state index contributed by atoms with van der Waals surface area (Å²) >= 11 is 7.68. The van der Waals surface area contributed by atoms with Gasteiger partial charge in [0.1, 0.15) is 0 Å². The first-order valence-corrected chi connectivity index (χ1v) is 11.7. The number of nitro benzene ring substituents is 1. The molecular formula is C26H20ClN3O4S. The van der Waals surface area contributed by atoms with E-state index in [1.807, 2.05) is 48.7 Å². The van der Waals surface area contributed by atoms with Crippen LogP contribution in [0, 0.1) is 24.0 Å². The molecule has 0 fully saturated rings. The minimum atomic E-state index is -1.06. The third-order valence-corrected chi connectivity index (χ3v) is 6.71. The first-order valence-electron chi connectivity index (χ1n) is 10.5. The van der Waals surface area contributed by atoms with Gasteiger partial charge in [-0.15, -0.1) is 0 Å². The van der Waals surface area contributed by atoms with Crippen LogP contribution in [0.5, 0.6) is 0 Å². The number of nitrogens with zero attached hydrogens (tertiary/aromatic N) is 3. The van der Waals surface area contributed by atoms with Crippen molar-refractivity contribution in [3.63, 3.8) is 0 Å². The van der Waals surface area contributed by atoms with Crippen LogP contribution < -0.4 is 0 Å². The third kappa shape index (κ3) is 5.45. The molecule has 0 bridgehead atoms. The van der Waals surface area contributed by atoms with Gasteiger partial charge < -0.3 is 9.67 Å². The van der Waals surface area contributed by atoms with Crippen molar-refractivity contribution in [2.75, 3.05) is 0 Å². The number of aromatic nitrogens is 1. The number of aliphatic imine (C=N–C) groups is 1. The standard InChI is InChI=1S/C26H20ClN3O4S/c1-16-13-18(17(2)29(16)21-7-12-24(26(31)32)25(27)14-21)15-28-19-3-8-22(9-4-19)35-23-10-5-20(6-11-23)30(33)34/h3-15H,1-2H3,(H,31,32). The van der Waals surface area contributed by atoms with Crippen LogP contribution in [0.1, 0.15) is 27.3 Å². The van der Waals surface area contributed by atoms with Crippen LogP contribution in [0.25, 0.3) is 5.69 Å².